The molecule has 1 rings (SSSR count). The highest BCUT2D eigenvalue weighted by Gasteiger charge is 2.48. The fraction of sp³-hybridized carbons (Fsp3) is 0.913. The molecule has 1 fully saturated rings. The molecule has 0 aromatic carbocycles. The second-order valence-corrected chi connectivity index (χ2v) is 7.73. The topological polar surface area (TPSA) is 46.2 Å². The quantitative estimate of drug-likeness (QED) is 0.267. The summed E-state index contributed by atoms with van der Waals surface area (Å²) in [4.78, 5) is 0. The van der Waals surface area contributed by atoms with Crippen LogP contribution in [-0.4, -0.2) is 57.5 Å². The van der Waals surface area contributed by atoms with Gasteiger partial charge in [0.2, 0.25) is 0 Å². The Morgan fingerprint density at radius 3 is 1.77 bits per heavy atom. The summed E-state index contributed by atoms with van der Waals surface area (Å²) in [6.45, 7) is 10.3. The Labute approximate surface area is 181 Å². The predicted octanol–water partition coefficient (Wildman–Crippen LogP) is 5.87. The first-order valence-electron chi connectivity index (χ1n) is 11.7. The van der Waals surface area contributed by atoms with Crippen molar-refractivity contribution in [3.05, 3.63) is 11.8 Å². The van der Waals surface area contributed by atoms with E-state index in [1.807, 2.05) is 6.92 Å². The zero-order valence-corrected chi connectivity index (χ0v) is 19.3. The van der Waals surface area contributed by atoms with Gasteiger partial charge in [-0.05, 0) is 25.7 Å². The van der Waals surface area contributed by atoms with Crippen molar-refractivity contribution >= 4 is 0 Å². The van der Waals surface area contributed by atoms with Crippen molar-refractivity contribution in [2.24, 2.45) is 0 Å². The second kappa shape index (κ2) is 16.9. The lowest BCUT2D eigenvalue weighted by Crippen LogP contribution is -2.57. The van der Waals surface area contributed by atoms with Gasteiger partial charge in [0.1, 0.15) is 18.3 Å². The summed E-state index contributed by atoms with van der Waals surface area (Å²) in [7, 11) is 0. The lowest BCUT2D eigenvalue weighted by Gasteiger charge is -2.43. The van der Waals surface area contributed by atoms with E-state index in [9.17, 15) is 8.78 Å². The van der Waals surface area contributed by atoms with E-state index in [1.54, 1.807) is 0 Å². The molecule has 7 heteroatoms. The van der Waals surface area contributed by atoms with Gasteiger partial charge >= 0.3 is 6.08 Å². The molecule has 0 aromatic heterocycles. The third-order valence-electron chi connectivity index (χ3n) is 5.05. The number of rotatable bonds is 17. The van der Waals surface area contributed by atoms with Crippen LogP contribution < -0.4 is 0 Å². The Hall–Kier alpha value is -0.760. The molecule has 0 radical (unpaired) electrons. The molecule has 0 amide bonds. The SMILES string of the molecule is CCCCOC[C@H]1OC(=C(F)F)[C@H](OCCCC)[C@@H](OCCCC)C1OCCCC. The van der Waals surface area contributed by atoms with Gasteiger partial charge in [-0.2, -0.15) is 8.78 Å². The van der Waals surface area contributed by atoms with E-state index in [1.165, 1.54) is 0 Å². The maximum Gasteiger partial charge on any atom is 0.310 e. The third kappa shape index (κ3) is 9.58. The molecule has 1 aliphatic rings. The predicted molar refractivity (Wildman–Crippen MR) is 114 cm³/mol. The van der Waals surface area contributed by atoms with E-state index in [0.717, 1.165) is 51.4 Å². The molecular formula is C23H42F2O5. The molecule has 5 nitrogen and oxygen atoms in total. The molecule has 1 saturated heterocycles. The maximum atomic E-state index is 13.8. The first-order chi connectivity index (χ1) is 14.6. The minimum Gasteiger partial charge on any atom is -0.481 e. The van der Waals surface area contributed by atoms with E-state index in [-0.39, 0.29) is 6.61 Å². The van der Waals surface area contributed by atoms with Gasteiger partial charge in [-0.3, -0.25) is 0 Å². The maximum absolute atomic E-state index is 13.8. The molecule has 4 atom stereocenters. The van der Waals surface area contributed by atoms with Crippen molar-refractivity contribution in [2.45, 2.75) is 103 Å². The van der Waals surface area contributed by atoms with Crippen molar-refractivity contribution in [1.82, 2.24) is 0 Å². The summed E-state index contributed by atoms with van der Waals surface area (Å²) in [6.07, 6.45) is 2.58. The number of halogens is 2. The van der Waals surface area contributed by atoms with Crippen LogP contribution in [0.15, 0.2) is 11.8 Å². The van der Waals surface area contributed by atoms with E-state index in [2.05, 4.69) is 20.8 Å². The normalized spacial score (nSPS) is 24.1. The van der Waals surface area contributed by atoms with E-state index >= 15 is 0 Å². The van der Waals surface area contributed by atoms with Crippen LogP contribution in [0.3, 0.4) is 0 Å². The van der Waals surface area contributed by atoms with Gasteiger partial charge in [-0.1, -0.05) is 53.4 Å². The lowest BCUT2D eigenvalue weighted by atomic mass is 9.97. The van der Waals surface area contributed by atoms with Gasteiger partial charge in [0.15, 0.2) is 11.9 Å². The van der Waals surface area contributed by atoms with Gasteiger partial charge in [0.25, 0.3) is 0 Å². The summed E-state index contributed by atoms with van der Waals surface area (Å²) in [5.74, 6) is -0.438. The van der Waals surface area contributed by atoms with Crippen LogP contribution in [0.25, 0.3) is 0 Å². The largest absolute Gasteiger partial charge is 0.481 e. The van der Waals surface area contributed by atoms with Crippen molar-refractivity contribution in [1.29, 1.82) is 0 Å². The Bertz CT molecular complexity index is 457. The van der Waals surface area contributed by atoms with E-state index < -0.39 is 36.3 Å². The minimum atomic E-state index is -1.87. The summed E-state index contributed by atoms with van der Waals surface area (Å²) < 4.78 is 57.2. The monoisotopic (exact) mass is 436 g/mol. The average Bonchev–Trinajstić information content (AvgIpc) is 2.73. The molecule has 1 unspecified atom stereocenters. The number of hydrogen-bond acceptors (Lipinski definition) is 5. The van der Waals surface area contributed by atoms with Gasteiger partial charge in [-0.25, -0.2) is 0 Å². The van der Waals surface area contributed by atoms with Crippen LogP contribution in [0, 0.1) is 0 Å². The van der Waals surface area contributed by atoms with Gasteiger partial charge < -0.3 is 23.7 Å². The molecule has 1 heterocycles. The third-order valence-corrected chi connectivity index (χ3v) is 5.05. The minimum absolute atomic E-state index is 0.183. The van der Waals surface area contributed by atoms with E-state index in [4.69, 9.17) is 23.7 Å². The fourth-order valence-electron chi connectivity index (χ4n) is 3.19. The van der Waals surface area contributed by atoms with Crippen molar-refractivity contribution in [2.75, 3.05) is 33.0 Å². The molecule has 0 spiro atoms. The van der Waals surface area contributed by atoms with Gasteiger partial charge in [0, 0.05) is 26.4 Å². The lowest BCUT2D eigenvalue weighted by molar-refractivity contribution is -0.217. The number of unbranched alkanes of at least 4 members (excludes halogenated alkanes) is 4. The molecule has 0 aromatic rings. The second-order valence-electron chi connectivity index (χ2n) is 7.73. The number of hydrogen-bond donors (Lipinski definition) is 0. The molecule has 1 aliphatic heterocycles. The number of ether oxygens (including phenoxy) is 5. The first kappa shape index (κ1) is 27.3. The van der Waals surface area contributed by atoms with Crippen LogP contribution in [0.4, 0.5) is 8.78 Å². The van der Waals surface area contributed by atoms with Crippen LogP contribution in [-0.2, 0) is 23.7 Å². The highest BCUT2D eigenvalue weighted by molar-refractivity contribution is 5.12. The molecule has 0 N–H and O–H groups in total. The highest BCUT2D eigenvalue weighted by Crippen LogP contribution is 2.34. The Kier molecular flexibility index (Phi) is 15.3. The summed E-state index contributed by atoms with van der Waals surface area (Å²) >= 11 is 0. The van der Waals surface area contributed by atoms with Gasteiger partial charge in [-0.15, -0.1) is 0 Å². The molecule has 178 valence electrons. The molecule has 0 aliphatic carbocycles. The highest BCUT2D eigenvalue weighted by atomic mass is 19.3. The van der Waals surface area contributed by atoms with Crippen LogP contribution in [0.2, 0.25) is 0 Å². The average molecular weight is 437 g/mol. The summed E-state index contributed by atoms with van der Waals surface area (Å²) in [6, 6.07) is 0. The standard InChI is InChI=1S/C23H42F2O5/c1-5-9-13-26-17-18-19(27-14-10-6-2)20(28-15-11-7-3)21(29-16-12-8-4)22(30-18)23(24)25/h18-21H,5-17H2,1-4H3/t18-,19?,20+,21-/m1/s1. The summed E-state index contributed by atoms with van der Waals surface area (Å²) in [5.41, 5.74) is 0. The van der Waals surface area contributed by atoms with Crippen LogP contribution >= 0.6 is 0 Å². The Balaban J connectivity index is 3.07. The van der Waals surface area contributed by atoms with Crippen molar-refractivity contribution < 1.29 is 32.5 Å². The van der Waals surface area contributed by atoms with E-state index in [0.29, 0.717) is 26.4 Å². The van der Waals surface area contributed by atoms with Gasteiger partial charge in [0.05, 0.1) is 6.61 Å². The molecular weight excluding hydrogens is 394 g/mol. The molecule has 0 bridgehead atoms. The Morgan fingerprint density at radius 1 is 0.733 bits per heavy atom. The molecule has 30 heavy (non-hydrogen) atoms. The smallest absolute Gasteiger partial charge is 0.310 e. The van der Waals surface area contributed by atoms with Crippen LogP contribution in [0.5, 0.6) is 0 Å². The first-order valence-corrected chi connectivity index (χ1v) is 11.7. The Morgan fingerprint density at radius 2 is 1.23 bits per heavy atom. The van der Waals surface area contributed by atoms with Crippen molar-refractivity contribution in [3.8, 4) is 0 Å². The van der Waals surface area contributed by atoms with Crippen LogP contribution in [0.1, 0.15) is 79.1 Å². The zero-order valence-electron chi connectivity index (χ0n) is 19.3. The molecule has 0 saturated carbocycles. The van der Waals surface area contributed by atoms with Crippen molar-refractivity contribution in [3.63, 3.8) is 0 Å². The zero-order chi connectivity index (χ0) is 22.2. The summed E-state index contributed by atoms with van der Waals surface area (Å²) in [5, 5.41) is 0. The fourth-order valence-corrected chi connectivity index (χ4v) is 3.19.